The molecule has 0 saturated heterocycles. The van der Waals surface area contributed by atoms with Crippen molar-refractivity contribution < 1.29 is 9.53 Å². The van der Waals surface area contributed by atoms with Crippen molar-refractivity contribution in [3.8, 4) is 0 Å². The predicted octanol–water partition coefficient (Wildman–Crippen LogP) is 2.06. The van der Waals surface area contributed by atoms with Crippen LogP contribution in [0.3, 0.4) is 0 Å². The normalized spacial score (nSPS) is 21.5. The minimum atomic E-state index is -0.367. The Morgan fingerprint density at radius 3 is 2.87 bits per heavy atom. The van der Waals surface area contributed by atoms with Gasteiger partial charge in [-0.2, -0.15) is 0 Å². The number of ether oxygens (including phenoxy) is 1. The number of nitrogens with one attached hydrogen (secondary N) is 1. The number of hydrogen-bond donors (Lipinski definition) is 1. The lowest BCUT2D eigenvalue weighted by Gasteiger charge is -2.30. The van der Waals surface area contributed by atoms with Crippen LogP contribution in [0.4, 0.5) is 0 Å². The zero-order chi connectivity index (χ0) is 16.6. The summed E-state index contributed by atoms with van der Waals surface area (Å²) in [5.41, 5.74) is 0.618. The van der Waals surface area contributed by atoms with Crippen molar-refractivity contribution in [2.45, 2.75) is 51.7 Å². The van der Waals surface area contributed by atoms with Crippen LogP contribution >= 0.6 is 11.3 Å². The predicted molar refractivity (Wildman–Crippen MR) is 89.3 cm³/mol. The number of nitrogens with zero attached hydrogens (tertiary/aromatic N) is 2. The summed E-state index contributed by atoms with van der Waals surface area (Å²) in [6.07, 6.45) is 5.36. The number of rotatable bonds is 3. The number of carbonyl (C=O) groups excluding carboxylic acids is 1. The van der Waals surface area contributed by atoms with Crippen molar-refractivity contribution >= 4 is 22.2 Å². The van der Waals surface area contributed by atoms with Gasteiger partial charge in [0.25, 0.3) is 11.5 Å². The lowest BCUT2D eigenvalue weighted by molar-refractivity contribution is 0.0392. The second-order valence-corrected chi connectivity index (χ2v) is 7.16. The molecule has 3 rings (SSSR count). The van der Waals surface area contributed by atoms with Crippen molar-refractivity contribution in [1.29, 1.82) is 0 Å². The lowest BCUT2D eigenvalue weighted by Crippen LogP contribution is -2.47. The highest BCUT2D eigenvalue weighted by Gasteiger charge is 2.27. The zero-order valence-corrected chi connectivity index (χ0v) is 14.4. The molecule has 2 unspecified atom stereocenters. The SMILES string of the molecule is COC1CCCCC1NC(=O)c1cnc2sc(C)c(C)n2c1=O. The molecule has 0 bridgehead atoms. The summed E-state index contributed by atoms with van der Waals surface area (Å²) in [5.74, 6) is -0.367. The minimum Gasteiger partial charge on any atom is -0.379 e. The summed E-state index contributed by atoms with van der Waals surface area (Å²) in [4.78, 5) is 31.1. The van der Waals surface area contributed by atoms with Crippen LogP contribution in [-0.4, -0.2) is 34.5 Å². The van der Waals surface area contributed by atoms with Gasteiger partial charge in [-0.05, 0) is 26.7 Å². The van der Waals surface area contributed by atoms with Gasteiger partial charge in [0.1, 0.15) is 5.56 Å². The van der Waals surface area contributed by atoms with Crippen LogP contribution in [0.25, 0.3) is 4.96 Å². The molecule has 1 aliphatic rings. The van der Waals surface area contributed by atoms with E-state index in [1.807, 2.05) is 13.8 Å². The molecule has 2 heterocycles. The quantitative estimate of drug-likeness (QED) is 0.932. The van der Waals surface area contributed by atoms with Gasteiger partial charge in [-0.15, -0.1) is 11.3 Å². The summed E-state index contributed by atoms with van der Waals surface area (Å²) < 4.78 is 6.97. The van der Waals surface area contributed by atoms with Crippen molar-refractivity contribution in [3.63, 3.8) is 0 Å². The second-order valence-electron chi connectivity index (χ2n) is 5.98. The van der Waals surface area contributed by atoms with Crippen molar-refractivity contribution in [2.24, 2.45) is 0 Å². The van der Waals surface area contributed by atoms with Gasteiger partial charge in [-0.1, -0.05) is 12.8 Å². The van der Waals surface area contributed by atoms with Crippen molar-refractivity contribution in [1.82, 2.24) is 14.7 Å². The molecule has 23 heavy (non-hydrogen) atoms. The first-order valence-corrected chi connectivity index (χ1v) is 8.66. The third kappa shape index (κ3) is 2.90. The maximum Gasteiger partial charge on any atom is 0.271 e. The molecule has 0 aromatic carbocycles. The number of amides is 1. The van der Waals surface area contributed by atoms with E-state index in [0.29, 0.717) is 4.96 Å². The minimum absolute atomic E-state index is 0.0114. The standard InChI is InChI=1S/C16H21N3O3S/c1-9-10(2)23-16-17-8-11(15(21)19(9)16)14(20)18-12-6-4-5-7-13(12)22-3/h8,12-13H,4-7H2,1-3H3,(H,18,20). The number of carbonyl (C=O) groups is 1. The van der Waals surface area contributed by atoms with Gasteiger partial charge in [0, 0.05) is 23.9 Å². The molecular weight excluding hydrogens is 314 g/mol. The molecule has 0 aliphatic heterocycles. The fourth-order valence-corrected chi connectivity index (χ4v) is 4.05. The van der Waals surface area contributed by atoms with Crippen LogP contribution in [0.5, 0.6) is 0 Å². The molecule has 2 aromatic rings. The van der Waals surface area contributed by atoms with E-state index < -0.39 is 0 Å². The summed E-state index contributed by atoms with van der Waals surface area (Å²) >= 11 is 1.45. The highest BCUT2D eigenvalue weighted by molar-refractivity contribution is 7.17. The molecule has 1 N–H and O–H groups in total. The number of thiazole rings is 1. The smallest absolute Gasteiger partial charge is 0.271 e. The first kappa shape index (κ1) is 16.1. The van der Waals surface area contributed by atoms with E-state index in [4.69, 9.17) is 4.74 Å². The highest BCUT2D eigenvalue weighted by atomic mass is 32.1. The second kappa shape index (κ2) is 6.41. The molecule has 0 radical (unpaired) electrons. The maximum atomic E-state index is 12.6. The highest BCUT2D eigenvalue weighted by Crippen LogP contribution is 2.21. The molecular formula is C16H21N3O3S. The molecule has 0 spiro atoms. The van der Waals surface area contributed by atoms with Crippen LogP contribution in [-0.2, 0) is 4.74 Å². The van der Waals surface area contributed by atoms with Crippen LogP contribution in [0.1, 0.15) is 46.6 Å². The Morgan fingerprint density at radius 1 is 1.39 bits per heavy atom. The Balaban J connectivity index is 1.90. The molecule has 1 fully saturated rings. The Morgan fingerprint density at radius 2 is 2.13 bits per heavy atom. The van der Waals surface area contributed by atoms with Crippen molar-refractivity contribution in [2.75, 3.05) is 7.11 Å². The Labute approximate surface area is 138 Å². The Kier molecular flexibility index (Phi) is 4.50. The first-order chi connectivity index (χ1) is 11.0. The summed E-state index contributed by atoms with van der Waals surface area (Å²) in [6.45, 7) is 3.81. The van der Waals surface area contributed by atoms with Gasteiger partial charge in [0.15, 0.2) is 4.96 Å². The summed E-state index contributed by atoms with van der Waals surface area (Å²) in [7, 11) is 1.66. The largest absolute Gasteiger partial charge is 0.379 e. The first-order valence-electron chi connectivity index (χ1n) is 7.84. The van der Waals surface area contributed by atoms with E-state index in [2.05, 4.69) is 10.3 Å². The molecule has 7 heteroatoms. The van der Waals surface area contributed by atoms with Gasteiger partial charge < -0.3 is 10.1 Å². The van der Waals surface area contributed by atoms with E-state index in [-0.39, 0.29) is 29.2 Å². The fourth-order valence-electron chi connectivity index (χ4n) is 3.12. The summed E-state index contributed by atoms with van der Waals surface area (Å²) in [6, 6.07) is -0.0494. The van der Waals surface area contributed by atoms with E-state index in [9.17, 15) is 9.59 Å². The van der Waals surface area contributed by atoms with Gasteiger partial charge in [0.05, 0.1) is 12.1 Å². The average Bonchev–Trinajstić information content (AvgIpc) is 2.83. The number of methoxy groups -OCH3 is 1. The fraction of sp³-hybridized carbons (Fsp3) is 0.562. The van der Waals surface area contributed by atoms with E-state index in [1.165, 1.54) is 21.9 Å². The van der Waals surface area contributed by atoms with Crippen molar-refractivity contribution in [3.05, 3.63) is 32.7 Å². The third-order valence-corrected chi connectivity index (χ3v) is 5.66. The number of hydrogen-bond acceptors (Lipinski definition) is 5. The van der Waals surface area contributed by atoms with Gasteiger partial charge in [-0.25, -0.2) is 4.98 Å². The van der Waals surface area contributed by atoms with Crippen LogP contribution in [0.2, 0.25) is 0 Å². The number of aryl methyl sites for hydroxylation is 2. The van der Waals surface area contributed by atoms with Crippen LogP contribution < -0.4 is 10.9 Å². The molecule has 124 valence electrons. The van der Waals surface area contributed by atoms with E-state index in [1.54, 1.807) is 7.11 Å². The average molecular weight is 335 g/mol. The van der Waals surface area contributed by atoms with Crippen LogP contribution in [0.15, 0.2) is 11.0 Å². The molecule has 2 aromatic heterocycles. The Bertz CT molecular complexity index is 796. The molecule has 1 saturated carbocycles. The topological polar surface area (TPSA) is 72.7 Å². The van der Waals surface area contributed by atoms with Gasteiger partial charge in [-0.3, -0.25) is 14.0 Å². The van der Waals surface area contributed by atoms with Gasteiger partial charge >= 0.3 is 0 Å². The number of aromatic nitrogens is 2. The zero-order valence-electron chi connectivity index (χ0n) is 13.6. The maximum absolute atomic E-state index is 12.6. The van der Waals surface area contributed by atoms with Crippen LogP contribution in [0, 0.1) is 13.8 Å². The van der Waals surface area contributed by atoms with Gasteiger partial charge in [0.2, 0.25) is 0 Å². The molecule has 1 aliphatic carbocycles. The van der Waals surface area contributed by atoms with E-state index in [0.717, 1.165) is 36.3 Å². The van der Waals surface area contributed by atoms with E-state index >= 15 is 0 Å². The summed E-state index contributed by atoms with van der Waals surface area (Å²) in [5, 5.41) is 2.95. The molecule has 2 atom stereocenters. The molecule has 1 amide bonds. The Hall–Kier alpha value is -1.73. The monoisotopic (exact) mass is 335 g/mol. The number of fused-ring (bicyclic) bond motifs is 1. The lowest BCUT2D eigenvalue weighted by atomic mass is 9.92. The molecule has 6 nitrogen and oxygen atoms in total. The third-order valence-electron chi connectivity index (χ3n) is 4.58.